The molecule has 0 unspecified atom stereocenters. The van der Waals surface area contributed by atoms with Crippen molar-refractivity contribution in [3.8, 4) is 11.5 Å². The molecule has 162 valence electrons. The second kappa shape index (κ2) is 10.2. The molecule has 1 amide bonds. The number of methoxy groups -OCH3 is 1. The Hall–Kier alpha value is -3.51. The van der Waals surface area contributed by atoms with Crippen LogP contribution in [-0.2, 0) is 4.79 Å². The lowest BCUT2D eigenvalue weighted by Crippen LogP contribution is -2.28. The number of amidine groups is 1. The summed E-state index contributed by atoms with van der Waals surface area (Å²) < 4.78 is 11.4. The highest BCUT2D eigenvalue weighted by Gasteiger charge is 2.35. The fourth-order valence-electron chi connectivity index (χ4n) is 3.27. The molecule has 4 rings (SSSR count). The third-order valence-electron chi connectivity index (χ3n) is 4.77. The van der Waals surface area contributed by atoms with Crippen LogP contribution in [0, 0.1) is 0 Å². The van der Waals surface area contributed by atoms with Gasteiger partial charge in [0.05, 0.1) is 30.0 Å². The van der Waals surface area contributed by atoms with Gasteiger partial charge in [-0.3, -0.25) is 9.69 Å². The molecule has 1 fully saturated rings. The first-order valence-electron chi connectivity index (χ1n) is 10.4. The zero-order valence-corrected chi connectivity index (χ0v) is 18.8. The number of amides is 1. The lowest BCUT2D eigenvalue weighted by molar-refractivity contribution is -0.113. The largest absolute Gasteiger partial charge is 0.493 e. The zero-order chi connectivity index (χ0) is 22.3. The molecule has 0 spiro atoms. The Morgan fingerprint density at radius 1 is 0.969 bits per heavy atom. The van der Waals surface area contributed by atoms with Gasteiger partial charge >= 0.3 is 0 Å². The SMILES string of the molecule is CCCOc1c(/C=C2/SC(=Nc3ccccc3)N(c3ccccc3)C2=O)cccc1OC. The Morgan fingerprint density at radius 3 is 2.38 bits per heavy atom. The van der Waals surface area contributed by atoms with Gasteiger partial charge < -0.3 is 9.47 Å². The fourth-order valence-corrected chi connectivity index (χ4v) is 4.27. The molecule has 6 heteroatoms. The van der Waals surface area contributed by atoms with Crippen LogP contribution in [0.1, 0.15) is 18.9 Å². The summed E-state index contributed by atoms with van der Waals surface area (Å²) in [6, 6.07) is 24.9. The lowest BCUT2D eigenvalue weighted by atomic mass is 10.1. The van der Waals surface area contributed by atoms with Gasteiger partial charge in [-0.25, -0.2) is 4.99 Å². The number of para-hydroxylation sites is 3. The zero-order valence-electron chi connectivity index (χ0n) is 18.0. The van der Waals surface area contributed by atoms with Crippen molar-refractivity contribution >= 4 is 40.3 Å². The summed E-state index contributed by atoms with van der Waals surface area (Å²) in [4.78, 5) is 20.4. The number of aliphatic imine (C=N–C) groups is 1. The van der Waals surface area contributed by atoms with Gasteiger partial charge in [-0.2, -0.15) is 0 Å². The second-order valence-electron chi connectivity index (χ2n) is 7.04. The van der Waals surface area contributed by atoms with Gasteiger partial charge in [0.25, 0.3) is 5.91 Å². The molecule has 0 aliphatic carbocycles. The maximum atomic E-state index is 13.5. The number of rotatable bonds is 7. The monoisotopic (exact) mass is 444 g/mol. The fraction of sp³-hybridized carbons (Fsp3) is 0.154. The van der Waals surface area contributed by atoms with E-state index in [2.05, 4.69) is 0 Å². The molecular formula is C26H24N2O3S. The molecule has 1 heterocycles. The van der Waals surface area contributed by atoms with E-state index in [1.54, 1.807) is 12.0 Å². The molecule has 0 radical (unpaired) electrons. The van der Waals surface area contributed by atoms with Crippen molar-refractivity contribution in [2.75, 3.05) is 18.6 Å². The topological polar surface area (TPSA) is 51.1 Å². The molecule has 1 saturated heterocycles. The van der Waals surface area contributed by atoms with E-state index >= 15 is 0 Å². The summed E-state index contributed by atoms with van der Waals surface area (Å²) >= 11 is 1.35. The minimum absolute atomic E-state index is 0.125. The van der Waals surface area contributed by atoms with Gasteiger partial charge in [-0.1, -0.05) is 55.5 Å². The van der Waals surface area contributed by atoms with Gasteiger partial charge in [0, 0.05) is 5.56 Å². The number of hydrogen-bond acceptors (Lipinski definition) is 5. The van der Waals surface area contributed by atoms with Crippen molar-refractivity contribution in [1.29, 1.82) is 0 Å². The van der Waals surface area contributed by atoms with Crippen molar-refractivity contribution in [1.82, 2.24) is 0 Å². The highest BCUT2D eigenvalue weighted by atomic mass is 32.2. The Kier molecular flexibility index (Phi) is 6.92. The number of nitrogens with zero attached hydrogens (tertiary/aromatic N) is 2. The maximum absolute atomic E-state index is 13.5. The Bertz CT molecular complexity index is 1140. The second-order valence-corrected chi connectivity index (χ2v) is 8.05. The van der Waals surface area contributed by atoms with Crippen LogP contribution in [0.4, 0.5) is 11.4 Å². The number of carbonyl (C=O) groups excluding carboxylic acids is 1. The standard InChI is InChI=1S/C26H24N2O3S/c1-3-17-31-24-19(11-10-16-22(24)30-2)18-23-25(29)28(21-14-8-5-9-15-21)26(32-23)27-20-12-6-4-7-13-20/h4-16,18H,3,17H2,1-2H3/b23-18+,27-26?. The van der Waals surface area contributed by atoms with E-state index in [0.717, 1.165) is 23.4 Å². The lowest BCUT2D eigenvalue weighted by Gasteiger charge is -2.15. The average Bonchev–Trinajstić information content (AvgIpc) is 3.13. The first kappa shape index (κ1) is 21.7. The van der Waals surface area contributed by atoms with Crippen molar-refractivity contribution in [2.45, 2.75) is 13.3 Å². The minimum atomic E-state index is -0.125. The number of anilines is 1. The van der Waals surface area contributed by atoms with Crippen LogP contribution in [0.15, 0.2) is 88.8 Å². The van der Waals surface area contributed by atoms with E-state index in [1.165, 1.54) is 11.8 Å². The third-order valence-corrected chi connectivity index (χ3v) is 5.74. The molecule has 0 atom stereocenters. The summed E-state index contributed by atoms with van der Waals surface area (Å²) in [5.74, 6) is 1.15. The highest BCUT2D eigenvalue weighted by Crippen LogP contribution is 2.40. The molecule has 0 N–H and O–H groups in total. The van der Waals surface area contributed by atoms with Crippen LogP contribution in [0.2, 0.25) is 0 Å². The first-order valence-corrected chi connectivity index (χ1v) is 11.3. The van der Waals surface area contributed by atoms with Gasteiger partial charge in [-0.15, -0.1) is 0 Å². The molecule has 3 aromatic rings. The van der Waals surface area contributed by atoms with Crippen molar-refractivity contribution in [3.05, 3.63) is 89.3 Å². The van der Waals surface area contributed by atoms with Crippen LogP contribution in [0.5, 0.6) is 11.5 Å². The summed E-state index contributed by atoms with van der Waals surface area (Å²) in [5.41, 5.74) is 2.36. The van der Waals surface area contributed by atoms with Gasteiger partial charge in [-0.05, 0) is 54.6 Å². The third kappa shape index (κ3) is 4.70. The summed E-state index contributed by atoms with van der Waals surface area (Å²) in [5, 5.41) is 0.609. The van der Waals surface area contributed by atoms with Gasteiger partial charge in [0.1, 0.15) is 0 Å². The summed E-state index contributed by atoms with van der Waals surface area (Å²) in [7, 11) is 1.61. The number of carbonyl (C=O) groups is 1. The van der Waals surface area contributed by atoms with E-state index in [9.17, 15) is 4.79 Å². The average molecular weight is 445 g/mol. The van der Waals surface area contributed by atoms with E-state index in [1.807, 2.05) is 91.9 Å². The highest BCUT2D eigenvalue weighted by molar-refractivity contribution is 8.19. The molecule has 0 aromatic heterocycles. The predicted octanol–water partition coefficient (Wildman–Crippen LogP) is 6.29. The minimum Gasteiger partial charge on any atom is -0.493 e. The predicted molar refractivity (Wildman–Crippen MR) is 132 cm³/mol. The van der Waals surface area contributed by atoms with Crippen molar-refractivity contribution < 1.29 is 14.3 Å². The molecule has 0 bridgehead atoms. The van der Waals surface area contributed by atoms with Crippen LogP contribution in [-0.4, -0.2) is 24.8 Å². The molecule has 1 aliphatic rings. The molecule has 32 heavy (non-hydrogen) atoms. The molecule has 3 aromatic carbocycles. The van der Waals surface area contributed by atoms with Gasteiger partial charge in [0.2, 0.25) is 0 Å². The number of hydrogen-bond donors (Lipinski definition) is 0. The van der Waals surface area contributed by atoms with Crippen LogP contribution >= 0.6 is 11.8 Å². The smallest absolute Gasteiger partial charge is 0.271 e. The van der Waals surface area contributed by atoms with Crippen molar-refractivity contribution in [2.24, 2.45) is 4.99 Å². The number of ether oxygens (including phenoxy) is 2. The van der Waals surface area contributed by atoms with Gasteiger partial charge in [0.15, 0.2) is 16.7 Å². The van der Waals surface area contributed by atoms with E-state index in [-0.39, 0.29) is 5.91 Å². The molecule has 1 aliphatic heterocycles. The van der Waals surface area contributed by atoms with Crippen LogP contribution in [0.3, 0.4) is 0 Å². The van der Waals surface area contributed by atoms with Crippen LogP contribution in [0.25, 0.3) is 6.08 Å². The summed E-state index contributed by atoms with van der Waals surface area (Å²) in [6.07, 6.45) is 2.72. The number of thioether (sulfide) groups is 1. The Labute approximate surface area is 192 Å². The maximum Gasteiger partial charge on any atom is 0.271 e. The Morgan fingerprint density at radius 2 is 1.69 bits per heavy atom. The Balaban J connectivity index is 1.77. The quantitative estimate of drug-likeness (QED) is 0.402. The van der Waals surface area contributed by atoms with E-state index < -0.39 is 0 Å². The normalized spacial score (nSPS) is 16.1. The number of benzene rings is 3. The molecule has 0 saturated carbocycles. The van der Waals surface area contributed by atoms with Crippen LogP contribution < -0.4 is 14.4 Å². The van der Waals surface area contributed by atoms with E-state index in [0.29, 0.717) is 28.2 Å². The summed E-state index contributed by atoms with van der Waals surface area (Å²) in [6.45, 7) is 2.61. The van der Waals surface area contributed by atoms with E-state index in [4.69, 9.17) is 14.5 Å². The molecular weight excluding hydrogens is 420 g/mol. The van der Waals surface area contributed by atoms with Crippen molar-refractivity contribution in [3.63, 3.8) is 0 Å². The molecule has 5 nitrogen and oxygen atoms in total. The first-order chi connectivity index (χ1) is 15.7.